The van der Waals surface area contributed by atoms with E-state index in [0.29, 0.717) is 36.3 Å². The minimum Gasteiger partial charge on any atom is -0.493 e. The van der Waals surface area contributed by atoms with Crippen LogP contribution in [0.2, 0.25) is 0 Å². The first-order valence-corrected chi connectivity index (χ1v) is 12.8. The zero-order valence-corrected chi connectivity index (χ0v) is 21.8. The topological polar surface area (TPSA) is 78.3 Å². The zero-order chi connectivity index (χ0) is 26.3. The third-order valence-corrected chi connectivity index (χ3v) is 7.10. The third kappa shape index (κ3) is 4.45. The van der Waals surface area contributed by atoms with Crippen molar-refractivity contribution in [2.75, 3.05) is 12.4 Å². The SMILES string of the molecule is COc1ccc(C2C3=C(CC(C)(C)CC3=O)Nc3nc(-c4ccccc4)nn32)cc1OCc1ccccc1. The molecular weight excluding hydrogens is 476 g/mol. The molecule has 7 heteroatoms. The highest BCUT2D eigenvalue weighted by Crippen LogP contribution is 2.46. The number of methoxy groups -OCH3 is 1. The number of benzene rings is 3. The average molecular weight is 507 g/mol. The second-order valence-corrected chi connectivity index (χ2v) is 10.6. The number of allylic oxidation sites excluding steroid dienone is 2. The van der Waals surface area contributed by atoms with Crippen LogP contribution in [0.3, 0.4) is 0 Å². The number of ketones is 1. The highest BCUT2D eigenvalue weighted by atomic mass is 16.5. The predicted octanol–water partition coefficient (Wildman–Crippen LogP) is 6.19. The van der Waals surface area contributed by atoms with Crippen molar-refractivity contribution >= 4 is 11.7 Å². The monoisotopic (exact) mass is 506 g/mol. The summed E-state index contributed by atoms with van der Waals surface area (Å²) in [6, 6.07) is 25.3. The Balaban J connectivity index is 1.45. The van der Waals surface area contributed by atoms with Gasteiger partial charge in [-0.1, -0.05) is 80.6 Å². The molecular formula is C31H30N4O3. The summed E-state index contributed by atoms with van der Waals surface area (Å²) >= 11 is 0. The van der Waals surface area contributed by atoms with Crippen LogP contribution in [0.1, 0.15) is 43.9 Å². The summed E-state index contributed by atoms with van der Waals surface area (Å²) in [6.45, 7) is 4.66. The van der Waals surface area contributed by atoms with Gasteiger partial charge >= 0.3 is 0 Å². The van der Waals surface area contributed by atoms with Gasteiger partial charge in [-0.25, -0.2) is 4.68 Å². The molecule has 1 atom stereocenters. The number of fused-ring (bicyclic) bond motifs is 1. The Morgan fingerprint density at radius 1 is 0.974 bits per heavy atom. The molecule has 0 saturated heterocycles. The van der Waals surface area contributed by atoms with E-state index >= 15 is 0 Å². The number of carbonyl (C=O) groups excluding carboxylic acids is 1. The molecule has 0 radical (unpaired) electrons. The van der Waals surface area contributed by atoms with Crippen LogP contribution in [0.15, 0.2) is 90.1 Å². The Kier molecular flexibility index (Phi) is 5.98. The third-order valence-electron chi connectivity index (χ3n) is 7.10. The summed E-state index contributed by atoms with van der Waals surface area (Å²) in [6.07, 6.45) is 1.23. The van der Waals surface area contributed by atoms with Gasteiger partial charge in [-0.05, 0) is 35.1 Å². The van der Waals surface area contributed by atoms with Gasteiger partial charge in [0.05, 0.1) is 7.11 Å². The number of carbonyl (C=O) groups is 1. The Bertz CT molecular complexity index is 1520. The van der Waals surface area contributed by atoms with Crippen molar-refractivity contribution in [3.63, 3.8) is 0 Å². The molecule has 38 heavy (non-hydrogen) atoms. The van der Waals surface area contributed by atoms with E-state index < -0.39 is 6.04 Å². The number of anilines is 1. The van der Waals surface area contributed by atoms with Crippen molar-refractivity contribution < 1.29 is 14.3 Å². The molecule has 6 rings (SSSR count). The van der Waals surface area contributed by atoms with Crippen LogP contribution in [0.5, 0.6) is 11.5 Å². The van der Waals surface area contributed by atoms with E-state index in [0.717, 1.165) is 34.4 Å². The van der Waals surface area contributed by atoms with Crippen LogP contribution in [-0.4, -0.2) is 27.7 Å². The minimum atomic E-state index is -0.431. The molecule has 1 N–H and O–H groups in total. The van der Waals surface area contributed by atoms with Gasteiger partial charge in [-0.15, -0.1) is 5.10 Å². The number of hydrogen-bond acceptors (Lipinski definition) is 6. The molecule has 1 aromatic heterocycles. The summed E-state index contributed by atoms with van der Waals surface area (Å²) in [5, 5.41) is 8.34. The summed E-state index contributed by atoms with van der Waals surface area (Å²) in [4.78, 5) is 18.4. The molecule has 1 aliphatic carbocycles. The molecule has 2 heterocycles. The second kappa shape index (κ2) is 9.49. The normalized spacial score (nSPS) is 17.9. The van der Waals surface area contributed by atoms with Crippen molar-refractivity contribution in [3.8, 4) is 22.9 Å². The number of hydrogen-bond donors (Lipinski definition) is 1. The van der Waals surface area contributed by atoms with Crippen LogP contribution in [-0.2, 0) is 11.4 Å². The average Bonchev–Trinajstić information content (AvgIpc) is 3.35. The van der Waals surface area contributed by atoms with E-state index in [1.165, 1.54) is 0 Å². The van der Waals surface area contributed by atoms with Gasteiger partial charge in [0.15, 0.2) is 23.1 Å². The first kappa shape index (κ1) is 24.0. The lowest BCUT2D eigenvalue weighted by molar-refractivity contribution is -0.118. The summed E-state index contributed by atoms with van der Waals surface area (Å²) in [7, 11) is 1.63. The maximum Gasteiger partial charge on any atom is 0.226 e. The maximum absolute atomic E-state index is 13.6. The molecule has 0 bridgehead atoms. The first-order valence-electron chi connectivity index (χ1n) is 12.8. The van der Waals surface area contributed by atoms with Gasteiger partial charge in [0.2, 0.25) is 5.95 Å². The summed E-state index contributed by atoms with van der Waals surface area (Å²) < 4.78 is 13.7. The number of rotatable bonds is 6. The predicted molar refractivity (Wildman–Crippen MR) is 146 cm³/mol. The van der Waals surface area contributed by atoms with Crippen molar-refractivity contribution in [3.05, 3.63) is 101 Å². The van der Waals surface area contributed by atoms with Gasteiger partial charge in [-0.3, -0.25) is 4.79 Å². The molecule has 0 fully saturated rings. The number of aromatic nitrogens is 3. The van der Waals surface area contributed by atoms with Crippen LogP contribution in [0.4, 0.5) is 5.95 Å². The number of nitrogens with one attached hydrogen (secondary N) is 1. The van der Waals surface area contributed by atoms with E-state index in [2.05, 4.69) is 19.2 Å². The van der Waals surface area contributed by atoms with Crippen LogP contribution in [0.25, 0.3) is 11.4 Å². The molecule has 1 aliphatic heterocycles. The van der Waals surface area contributed by atoms with E-state index in [1.807, 2.05) is 83.5 Å². The molecule has 0 spiro atoms. The quantitative estimate of drug-likeness (QED) is 0.336. The number of nitrogens with zero attached hydrogens (tertiary/aromatic N) is 3. The Morgan fingerprint density at radius 2 is 1.71 bits per heavy atom. The lowest BCUT2D eigenvalue weighted by atomic mass is 9.73. The van der Waals surface area contributed by atoms with Crippen LogP contribution in [0, 0.1) is 5.41 Å². The Morgan fingerprint density at radius 3 is 2.45 bits per heavy atom. The standard InChI is InChI=1S/C31H30N4O3/c1-31(2)17-23-27(24(36)18-31)28(35-30(32-23)33-29(34-35)21-12-8-5-9-13-21)22-14-15-25(37-3)26(16-22)38-19-20-10-6-4-7-11-20/h4-16,28H,17-19H2,1-3H3,(H,32,33,34). The van der Waals surface area contributed by atoms with Gasteiger partial charge in [0, 0.05) is 23.3 Å². The number of ether oxygens (including phenoxy) is 2. The molecule has 0 saturated carbocycles. The maximum atomic E-state index is 13.6. The van der Waals surface area contributed by atoms with Gasteiger partial charge in [0.25, 0.3) is 0 Å². The van der Waals surface area contributed by atoms with Crippen molar-refractivity contribution in [2.24, 2.45) is 5.41 Å². The lowest BCUT2D eigenvalue weighted by Gasteiger charge is -2.38. The highest BCUT2D eigenvalue weighted by molar-refractivity contribution is 6.00. The Hall–Kier alpha value is -4.39. The van der Waals surface area contributed by atoms with Crippen molar-refractivity contribution in [1.29, 1.82) is 0 Å². The lowest BCUT2D eigenvalue weighted by Crippen LogP contribution is -2.36. The van der Waals surface area contributed by atoms with E-state index in [4.69, 9.17) is 19.6 Å². The fourth-order valence-corrected chi connectivity index (χ4v) is 5.34. The first-order chi connectivity index (χ1) is 18.4. The van der Waals surface area contributed by atoms with E-state index in [-0.39, 0.29) is 11.2 Å². The smallest absolute Gasteiger partial charge is 0.226 e. The minimum absolute atomic E-state index is 0.124. The Labute approximate surface area is 222 Å². The molecule has 4 aromatic rings. The molecule has 192 valence electrons. The summed E-state index contributed by atoms with van der Waals surface area (Å²) in [5.74, 6) is 2.61. The van der Waals surface area contributed by atoms with Gasteiger partial charge in [-0.2, -0.15) is 4.98 Å². The van der Waals surface area contributed by atoms with E-state index in [1.54, 1.807) is 7.11 Å². The van der Waals surface area contributed by atoms with E-state index in [9.17, 15) is 4.79 Å². The zero-order valence-electron chi connectivity index (χ0n) is 21.8. The largest absolute Gasteiger partial charge is 0.493 e. The van der Waals surface area contributed by atoms with Crippen LogP contribution >= 0.6 is 0 Å². The molecule has 0 amide bonds. The fourth-order valence-electron chi connectivity index (χ4n) is 5.34. The van der Waals surface area contributed by atoms with Gasteiger partial charge < -0.3 is 14.8 Å². The molecule has 3 aromatic carbocycles. The number of Topliss-reactive ketones (excluding diaryl/α,β-unsaturated/α-hetero) is 1. The van der Waals surface area contributed by atoms with Crippen LogP contribution < -0.4 is 14.8 Å². The highest BCUT2D eigenvalue weighted by Gasteiger charge is 2.42. The van der Waals surface area contributed by atoms with Crippen molar-refractivity contribution in [1.82, 2.24) is 14.8 Å². The summed E-state index contributed by atoms with van der Waals surface area (Å²) in [5.41, 5.74) is 4.38. The molecule has 1 unspecified atom stereocenters. The second-order valence-electron chi connectivity index (χ2n) is 10.6. The van der Waals surface area contributed by atoms with Gasteiger partial charge in [0.1, 0.15) is 12.6 Å². The molecule has 2 aliphatic rings. The molecule has 7 nitrogen and oxygen atoms in total. The van der Waals surface area contributed by atoms with Crippen molar-refractivity contribution in [2.45, 2.75) is 39.3 Å². The fraction of sp³-hybridized carbons (Fsp3) is 0.258.